The van der Waals surface area contributed by atoms with Crippen molar-refractivity contribution in [1.82, 2.24) is 5.32 Å². The zero-order valence-corrected chi connectivity index (χ0v) is 14.6. The lowest BCUT2D eigenvalue weighted by atomic mass is 10.2. The summed E-state index contributed by atoms with van der Waals surface area (Å²) in [5, 5.41) is 0.486. The molecule has 0 aromatic heterocycles. The van der Waals surface area contributed by atoms with Crippen LogP contribution in [0.5, 0.6) is 0 Å². The summed E-state index contributed by atoms with van der Waals surface area (Å²) < 4.78 is 28.2. The Balaban J connectivity index is 3.23. The molecule has 1 N–H and O–H groups in total. The summed E-state index contributed by atoms with van der Waals surface area (Å²) in [7, 11) is -2.86. The van der Waals surface area contributed by atoms with E-state index in [4.69, 9.17) is 13.8 Å². The Hall–Kier alpha value is -1.69. The van der Waals surface area contributed by atoms with Crippen LogP contribution in [0.1, 0.15) is 31.1 Å². The van der Waals surface area contributed by atoms with Gasteiger partial charge in [0.15, 0.2) is 0 Å². The third-order valence-corrected chi connectivity index (χ3v) is 5.71. The third kappa shape index (κ3) is 4.19. The number of benzene rings is 1. The third-order valence-electron chi connectivity index (χ3n) is 3.12. The molecule has 1 rings (SSSR count). The van der Waals surface area contributed by atoms with E-state index in [1.165, 1.54) is 6.92 Å². The molecule has 1 amide bonds. The van der Waals surface area contributed by atoms with Gasteiger partial charge in [0.25, 0.3) is 5.91 Å². The Bertz CT molecular complexity index is 581. The van der Waals surface area contributed by atoms with Gasteiger partial charge < -0.3 is 19.1 Å². The maximum absolute atomic E-state index is 13.0. The quantitative estimate of drug-likeness (QED) is 0.576. The first-order valence-electron chi connectivity index (χ1n) is 7.19. The lowest BCUT2D eigenvalue weighted by molar-refractivity contribution is -0.144. The van der Waals surface area contributed by atoms with Gasteiger partial charge >= 0.3 is 13.6 Å². The topological polar surface area (TPSA) is 90.9 Å². The number of methoxy groups -OCH3 is 1. The van der Waals surface area contributed by atoms with Gasteiger partial charge in [-0.3, -0.25) is 9.36 Å². The lowest BCUT2D eigenvalue weighted by Gasteiger charge is -2.33. The number of esters is 1. The van der Waals surface area contributed by atoms with Crippen LogP contribution in [0.25, 0.3) is 0 Å². The summed E-state index contributed by atoms with van der Waals surface area (Å²) in [6.45, 7) is 4.59. The predicted molar refractivity (Wildman–Crippen MR) is 85.2 cm³/mol. The average Bonchev–Trinajstić information content (AvgIpc) is 2.55. The first kappa shape index (κ1) is 19.4. The van der Waals surface area contributed by atoms with Crippen molar-refractivity contribution in [2.45, 2.75) is 26.1 Å². The van der Waals surface area contributed by atoms with Crippen molar-refractivity contribution in [3.05, 3.63) is 35.9 Å². The number of carbonyl (C=O) groups excluding carboxylic acids is 2. The van der Waals surface area contributed by atoms with Gasteiger partial charge in [-0.15, -0.1) is 0 Å². The van der Waals surface area contributed by atoms with Crippen LogP contribution < -0.4 is 5.32 Å². The summed E-state index contributed by atoms with van der Waals surface area (Å²) >= 11 is 0. The van der Waals surface area contributed by atoms with Crippen molar-refractivity contribution < 1.29 is 27.9 Å². The fraction of sp³-hybridized carbons (Fsp3) is 0.467. The molecule has 0 fully saturated rings. The van der Waals surface area contributed by atoms with E-state index in [0.29, 0.717) is 5.56 Å². The molecule has 0 unspecified atom stereocenters. The first-order valence-corrected chi connectivity index (χ1v) is 8.74. The van der Waals surface area contributed by atoms with E-state index in [9.17, 15) is 14.2 Å². The Morgan fingerprint density at radius 1 is 1.13 bits per heavy atom. The molecular formula is C15H22NO6P. The minimum atomic E-state index is -3.99. The summed E-state index contributed by atoms with van der Waals surface area (Å²) in [5.41, 5.74) is 0.308. The smallest absolute Gasteiger partial charge is 0.367 e. The lowest BCUT2D eigenvalue weighted by Crippen LogP contribution is -2.53. The van der Waals surface area contributed by atoms with Gasteiger partial charge in [0.05, 0.1) is 20.3 Å². The fourth-order valence-electron chi connectivity index (χ4n) is 1.95. The number of hydrogen-bond acceptors (Lipinski definition) is 6. The Morgan fingerprint density at radius 2 is 1.65 bits per heavy atom. The molecule has 8 heteroatoms. The largest absolute Gasteiger partial charge is 0.467 e. The van der Waals surface area contributed by atoms with Gasteiger partial charge in [-0.1, -0.05) is 18.2 Å². The van der Waals surface area contributed by atoms with Crippen LogP contribution in [-0.2, 0) is 23.1 Å². The Kier molecular flexibility index (Phi) is 6.94. The number of hydrogen-bond donors (Lipinski definition) is 1. The second kappa shape index (κ2) is 8.24. The molecule has 7 nitrogen and oxygen atoms in total. The van der Waals surface area contributed by atoms with E-state index >= 15 is 0 Å². The van der Waals surface area contributed by atoms with Gasteiger partial charge in [0, 0.05) is 5.56 Å². The van der Waals surface area contributed by atoms with Crippen LogP contribution in [0.3, 0.4) is 0 Å². The maximum atomic E-state index is 13.0. The van der Waals surface area contributed by atoms with E-state index in [0.717, 1.165) is 7.11 Å². The van der Waals surface area contributed by atoms with Crippen molar-refractivity contribution in [2.24, 2.45) is 0 Å². The summed E-state index contributed by atoms with van der Waals surface area (Å²) in [6, 6.07) is 8.24. The SMILES string of the molecule is CCOP(=O)(OCC)[C@@](C)(NC(=O)c1ccccc1)C(=O)OC. The van der Waals surface area contributed by atoms with Crippen LogP contribution in [0, 0.1) is 0 Å². The normalized spacial score (nSPS) is 13.9. The van der Waals surface area contributed by atoms with Crippen LogP contribution in [0.2, 0.25) is 0 Å². The molecule has 0 radical (unpaired) electrons. The zero-order valence-electron chi connectivity index (χ0n) is 13.7. The molecule has 0 aliphatic rings. The van der Waals surface area contributed by atoms with E-state index < -0.39 is 24.8 Å². The highest BCUT2D eigenvalue weighted by molar-refractivity contribution is 7.56. The van der Waals surface area contributed by atoms with Crippen LogP contribution in [0.15, 0.2) is 30.3 Å². The molecule has 0 spiro atoms. The van der Waals surface area contributed by atoms with E-state index in [2.05, 4.69) is 5.32 Å². The van der Waals surface area contributed by atoms with Crippen molar-refractivity contribution >= 4 is 19.5 Å². The molecule has 0 aliphatic heterocycles. The average molecular weight is 343 g/mol. The summed E-state index contributed by atoms with van der Waals surface area (Å²) in [5.74, 6) is -1.50. The Labute approximate surface area is 135 Å². The summed E-state index contributed by atoms with van der Waals surface area (Å²) in [6.07, 6.45) is 0. The summed E-state index contributed by atoms with van der Waals surface area (Å²) in [4.78, 5) is 24.6. The molecule has 0 saturated carbocycles. The highest BCUT2D eigenvalue weighted by atomic mass is 31.2. The fourth-order valence-corrected chi connectivity index (χ4v) is 3.77. The number of ether oxygens (including phenoxy) is 1. The molecule has 0 heterocycles. The second-order valence-electron chi connectivity index (χ2n) is 4.72. The number of carbonyl (C=O) groups is 2. The van der Waals surface area contributed by atoms with E-state index in [1.807, 2.05) is 0 Å². The van der Waals surface area contributed by atoms with Crippen LogP contribution >= 0.6 is 7.60 Å². The van der Waals surface area contributed by atoms with Gasteiger partial charge in [-0.05, 0) is 32.9 Å². The van der Waals surface area contributed by atoms with Gasteiger partial charge in [0.1, 0.15) is 0 Å². The minimum absolute atomic E-state index is 0.0467. The van der Waals surface area contributed by atoms with Gasteiger partial charge in [-0.2, -0.15) is 0 Å². The van der Waals surface area contributed by atoms with Crippen molar-refractivity contribution in [1.29, 1.82) is 0 Å². The molecule has 1 aromatic rings. The zero-order chi connectivity index (χ0) is 17.5. The van der Waals surface area contributed by atoms with Crippen molar-refractivity contribution in [3.8, 4) is 0 Å². The number of amides is 1. The number of rotatable bonds is 8. The molecule has 0 saturated heterocycles. The molecule has 1 aromatic carbocycles. The predicted octanol–water partition coefficient (Wildman–Crippen LogP) is 2.57. The molecule has 128 valence electrons. The highest BCUT2D eigenvalue weighted by Gasteiger charge is 2.55. The molecule has 1 atom stereocenters. The minimum Gasteiger partial charge on any atom is -0.467 e. The monoisotopic (exact) mass is 343 g/mol. The molecular weight excluding hydrogens is 321 g/mol. The van der Waals surface area contributed by atoms with E-state index in [-0.39, 0.29) is 13.2 Å². The van der Waals surface area contributed by atoms with Gasteiger partial charge in [-0.25, -0.2) is 4.79 Å². The number of nitrogens with one attached hydrogen (secondary N) is 1. The molecule has 0 bridgehead atoms. The van der Waals surface area contributed by atoms with Crippen LogP contribution in [-0.4, -0.2) is 37.5 Å². The van der Waals surface area contributed by atoms with E-state index in [1.54, 1.807) is 44.2 Å². The van der Waals surface area contributed by atoms with Crippen molar-refractivity contribution in [3.63, 3.8) is 0 Å². The van der Waals surface area contributed by atoms with Crippen molar-refractivity contribution in [2.75, 3.05) is 20.3 Å². The first-order chi connectivity index (χ1) is 10.8. The van der Waals surface area contributed by atoms with Gasteiger partial charge in [0.2, 0.25) is 5.28 Å². The molecule has 0 aliphatic carbocycles. The Morgan fingerprint density at radius 3 is 2.09 bits per heavy atom. The standard InChI is InChI=1S/C15H22NO6P/c1-5-21-23(19,22-6-2)15(3,14(18)20-4)16-13(17)12-10-8-7-9-11-12/h7-11H,5-6H2,1-4H3,(H,16,17)/t15-/m1/s1. The second-order valence-corrected chi connectivity index (χ2v) is 7.12. The maximum Gasteiger partial charge on any atom is 0.367 e. The highest BCUT2D eigenvalue weighted by Crippen LogP contribution is 2.59. The molecule has 23 heavy (non-hydrogen) atoms. The van der Waals surface area contributed by atoms with Crippen LogP contribution in [0.4, 0.5) is 0 Å².